The maximum absolute atomic E-state index is 13.3. The third kappa shape index (κ3) is 5.36. The number of likely N-dealkylation sites (N-methyl/N-ethyl adjacent to an activating group) is 1. The molecule has 0 atom stereocenters. The van der Waals surface area contributed by atoms with Gasteiger partial charge in [-0.05, 0) is 84.4 Å². The van der Waals surface area contributed by atoms with Crippen LogP contribution in [0.3, 0.4) is 0 Å². The third-order valence-corrected chi connectivity index (χ3v) is 7.84. The van der Waals surface area contributed by atoms with Crippen molar-refractivity contribution in [2.24, 2.45) is 0 Å². The van der Waals surface area contributed by atoms with Crippen molar-refractivity contribution in [1.29, 1.82) is 0 Å². The number of ether oxygens (including phenoxy) is 2. The number of benzene rings is 2. The minimum absolute atomic E-state index is 0.0218. The van der Waals surface area contributed by atoms with E-state index in [2.05, 4.69) is 22.6 Å². The Labute approximate surface area is 225 Å². The fourth-order valence-electron chi connectivity index (χ4n) is 4.44. The van der Waals surface area contributed by atoms with Gasteiger partial charge in [-0.15, -0.1) is 0 Å². The van der Waals surface area contributed by atoms with Gasteiger partial charge in [-0.2, -0.15) is 0 Å². The second-order valence-electron chi connectivity index (χ2n) is 8.48. The van der Waals surface area contributed by atoms with Crippen molar-refractivity contribution in [1.82, 2.24) is 9.80 Å². The van der Waals surface area contributed by atoms with Crippen molar-refractivity contribution < 1.29 is 14.3 Å². The Bertz CT molecular complexity index is 1120. The van der Waals surface area contributed by atoms with Crippen LogP contribution >= 0.6 is 46.4 Å². The number of halogens is 2. The van der Waals surface area contributed by atoms with Crippen LogP contribution in [0.15, 0.2) is 42.1 Å². The van der Waals surface area contributed by atoms with Crippen LogP contribution in [0.2, 0.25) is 5.02 Å². The predicted molar refractivity (Wildman–Crippen MR) is 148 cm³/mol. The van der Waals surface area contributed by atoms with Crippen LogP contribution in [-0.2, 0) is 11.4 Å². The van der Waals surface area contributed by atoms with Crippen LogP contribution in [0, 0.1) is 3.57 Å². The van der Waals surface area contributed by atoms with Crippen molar-refractivity contribution in [2.45, 2.75) is 51.7 Å². The molecule has 1 aliphatic carbocycles. The number of carbonyl (C=O) groups excluding carboxylic acids is 1. The molecule has 2 aromatic carbocycles. The lowest BCUT2D eigenvalue weighted by Gasteiger charge is -2.30. The zero-order chi connectivity index (χ0) is 24.2. The third-order valence-electron chi connectivity index (χ3n) is 6.20. The van der Waals surface area contributed by atoms with Gasteiger partial charge < -0.3 is 14.4 Å². The van der Waals surface area contributed by atoms with Gasteiger partial charge in [-0.25, -0.2) is 0 Å². The highest BCUT2D eigenvalue weighted by atomic mass is 127. The van der Waals surface area contributed by atoms with E-state index in [1.165, 1.54) is 6.42 Å². The van der Waals surface area contributed by atoms with Gasteiger partial charge in [0, 0.05) is 23.7 Å². The number of thiocarbonyl (C=S) groups is 1. The highest BCUT2D eigenvalue weighted by molar-refractivity contribution is 14.1. The Morgan fingerprint density at radius 1 is 1.18 bits per heavy atom. The van der Waals surface area contributed by atoms with E-state index in [0.29, 0.717) is 40.5 Å². The van der Waals surface area contributed by atoms with Crippen molar-refractivity contribution in [3.63, 3.8) is 0 Å². The summed E-state index contributed by atoms with van der Waals surface area (Å²) in [5.74, 6) is 1.27. The van der Waals surface area contributed by atoms with E-state index < -0.39 is 0 Å². The molecule has 34 heavy (non-hydrogen) atoms. The monoisotopic (exact) mass is 610 g/mol. The molecule has 4 rings (SSSR count). The van der Waals surface area contributed by atoms with Gasteiger partial charge in [-0.1, -0.05) is 49.1 Å². The Hall–Kier alpha value is -1.84. The van der Waals surface area contributed by atoms with E-state index in [1.54, 1.807) is 0 Å². The molecule has 2 aromatic rings. The first-order valence-corrected chi connectivity index (χ1v) is 13.4. The molecule has 180 valence electrons. The largest absolute Gasteiger partial charge is 0.490 e. The molecule has 2 fully saturated rings. The van der Waals surface area contributed by atoms with Gasteiger partial charge in [-0.3, -0.25) is 9.69 Å². The van der Waals surface area contributed by atoms with Gasteiger partial charge in [0.2, 0.25) is 0 Å². The molecule has 1 saturated carbocycles. The van der Waals surface area contributed by atoms with E-state index in [1.807, 2.05) is 66.2 Å². The number of nitrogens with zero attached hydrogens (tertiary/aromatic N) is 2. The minimum Gasteiger partial charge on any atom is -0.490 e. The number of hydrogen-bond acceptors (Lipinski definition) is 4. The Morgan fingerprint density at radius 2 is 1.91 bits per heavy atom. The van der Waals surface area contributed by atoms with Crippen LogP contribution in [0.4, 0.5) is 0 Å². The topological polar surface area (TPSA) is 42.0 Å². The van der Waals surface area contributed by atoms with Gasteiger partial charge in [0.25, 0.3) is 5.91 Å². The lowest BCUT2D eigenvalue weighted by molar-refractivity contribution is -0.124. The first-order chi connectivity index (χ1) is 16.4. The molecule has 2 aliphatic rings. The Kier molecular flexibility index (Phi) is 8.37. The molecule has 8 heteroatoms. The number of rotatable bonds is 7. The molecule has 5 nitrogen and oxygen atoms in total. The lowest BCUT2D eigenvalue weighted by atomic mass is 9.94. The van der Waals surface area contributed by atoms with Crippen molar-refractivity contribution in [3.8, 4) is 11.5 Å². The van der Waals surface area contributed by atoms with E-state index in [-0.39, 0.29) is 11.9 Å². The van der Waals surface area contributed by atoms with Crippen LogP contribution in [-0.4, -0.2) is 40.5 Å². The van der Waals surface area contributed by atoms with Crippen molar-refractivity contribution in [3.05, 3.63) is 61.8 Å². The number of carbonyl (C=O) groups is 1. The molecule has 0 N–H and O–H groups in total. The summed E-state index contributed by atoms with van der Waals surface area (Å²) in [7, 11) is 1.87. The molecular weight excluding hydrogens is 583 g/mol. The quantitative estimate of drug-likeness (QED) is 0.199. The highest BCUT2D eigenvalue weighted by Gasteiger charge is 2.40. The molecule has 0 bridgehead atoms. The zero-order valence-corrected chi connectivity index (χ0v) is 23.1. The molecule has 1 aliphatic heterocycles. The molecule has 0 aromatic heterocycles. The number of amides is 1. The smallest absolute Gasteiger partial charge is 0.277 e. The standard InChI is InChI=1S/C26H28ClIN2O3S/c1-3-32-23-15-17(13-21(28)24(23)33-16-18-9-7-8-12-20(18)27)14-22-25(31)30(26(34)29(22)2)19-10-5-4-6-11-19/h7-9,12-15,19H,3-6,10-11,16H2,1-2H3/b22-14-. The molecule has 1 heterocycles. The molecule has 1 amide bonds. The summed E-state index contributed by atoms with van der Waals surface area (Å²) in [4.78, 5) is 17.0. The van der Waals surface area contributed by atoms with Crippen LogP contribution in [0.1, 0.15) is 50.2 Å². The van der Waals surface area contributed by atoms with Gasteiger partial charge >= 0.3 is 0 Å². The maximum Gasteiger partial charge on any atom is 0.277 e. The molecule has 0 unspecified atom stereocenters. The summed E-state index contributed by atoms with van der Waals surface area (Å²) in [5.41, 5.74) is 2.35. The second kappa shape index (κ2) is 11.3. The Balaban J connectivity index is 1.61. The lowest BCUT2D eigenvalue weighted by Crippen LogP contribution is -2.41. The summed E-state index contributed by atoms with van der Waals surface area (Å²) in [5, 5.41) is 1.25. The molecule has 1 saturated heterocycles. The maximum atomic E-state index is 13.3. The number of hydrogen-bond donors (Lipinski definition) is 0. The van der Waals surface area contributed by atoms with Crippen LogP contribution in [0.25, 0.3) is 6.08 Å². The average molecular weight is 611 g/mol. The van der Waals surface area contributed by atoms with Gasteiger partial charge in [0.15, 0.2) is 16.6 Å². The van der Waals surface area contributed by atoms with E-state index >= 15 is 0 Å². The summed E-state index contributed by atoms with van der Waals surface area (Å²) >= 11 is 14.2. The summed E-state index contributed by atoms with van der Waals surface area (Å²) < 4.78 is 12.9. The van der Waals surface area contributed by atoms with E-state index in [4.69, 9.17) is 33.3 Å². The normalized spacial score (nSPS) is 18.2. The van der Waals surface area contributed by atoms with E-state index in [9.17, 15) is 4.79 Å². The summed E-state index contributed by atoms with van der Waals surface area (Å²) in [6.45, 7) is 2.77. The molecule has 0 spiro atoms. The molecular formula is C26H28ClIN2O3S. The first kappa shape index (κ1) is 25.3. The fourth-order valence-corrected chi connectivity index (χ4v) is 5.74. The summed E-state index contributed by atoms with van der Waals surface area (Å²) in [6, 6.07) is 11.7. The highest BCUT2D eigenvalue weighted by Crippen LogP contribution is 2.37. The van der Waals surface area contributed by atoms with Gasteiger partial charge in [0.05, 0.1) is 10.2 Å². The van der Waals surface area contributed by atoms with Crippen LogP contribution < -0.4 is 9.47 Å². The predicted octanol–water partition coefficient (Wildman–Crippen LogP) is 6.65. The first-order valence-electron chi connectivity index (χ1n) is 11.6. The Morgan fingerprint density at radius 3 is 2.62 bits per heavy atom. The van der Waals surface area contributed by atoms with Crippen molar-refractivity contribution in [2.75, 3.05) is 13.7 Å². The fraction of sp³-hybridized carbons (Fsp3) is 0.385. The van der Waals surface area contributed by atoms with Crippen molar-refractivity contribution >= 4 is 63.5 Å². The minimum atomic E-state index is -0.0218. The van der Waals surface area contributed by atoms with Gasteiger partial charge in [0.1, 0.15) is 12.3 Å². The van der Waals surface area contributed by atoms with E-state index in [0.717, 1.165) is 40.4 Å². The zero-order valence-electron chi connectivity index (χ0n) is 19.4. The SMILES string of the molecule is CCOc1cc(/C=C2/C(=O)N(C3CCCCC3)C(=S)N2C)cc(I)c1OCc1ccccc1Cl. The second-order valence-corrected chi connectivity index (χ2v) is 10.4. The van der Waals surface area contributed by atoms with Crippen LogP contribution in [0.5, 0.6) is 11.5 Å². The average Bonchev–Trinajstić information content (AvgIpc) is 3.03. The molecule has 0 radical (unpaired) electrons. The summed E-state index contributed by atoms with van der Waals surface area (Å²) in [6.07, 6.45) is 7.43.